The molecule has 0 heterocycles. The fraction of sp³-hybridized carbons (Fsp3) is 1.00. The molecule has 1 rings (SSSR count). The molecular formula is C16H33NO2. The molecule has 0 spiro atoms. The van der Waals surface area contributed by atoms with Gasteiger partial charge in [-0.05, 0) is 18.8 Å². The van der Waals surface area contributed by atoms with E-state index in [1.54, 1.807) is 7.11 Å². The zero-order valence-corrected chi connectivity index (χ0v) is 13.2. The van der Waals surface area contributed by atoms with E-state index in [9.17, 15) is 5.11 Å². The van der Waals surface area contributed by atoms with E-state index >= 15 is 0 Å². The van der Waals surface area contributed by atoms with Crippen LogP contribution in [0.2, 0.25) is 0 Å². The molecule has 0 bridgehead atoms. The maximum atomic E-state index is 9.92. The van der Waals surface area contributed by atoms with Gasteiger partial charge in [0.1, 0.15) is 0 Å². The molecule has 1 N–H and O–H groups in total. The zero-order chi connectivity index (χ0) is 14.1. The molecule has 0 atom stereocenters. The lowest BCUT2D eigenvalue weighted by molar-refractivity contribution is 0.0430. The smallest absolute Gasteiger partial charge is 0.0589 e. The van der Waals surface area contributed by atoms with Gasteiger partial charge in [0, 0.05) is 38.8 Å². The van der Waals surface area contributed by atoms with Gasteiger partial charge in [-0.25, -0.2) is 0 Å². The van der Waals surface area contributed by atoms with Gasteiger partial charge in [-0.2, -0.15) is 0 Å². The molecule has 1 aliphatic rings. The highest BCUT2D eigenvalue weighted by Gasteiger charge is 2.32. The van der Waals surface area contributed by atoms with E-state index in [0.717, 1.165) is 26.2 Å². The minimum absolute atomic E-state index is 0.138. The van der Waals surface area contributed by atoms with Crippen molar-refractivity contribution in [3.05, 3.63) is 0 Å². The van der Waals surface area contributed by atoms with Crippen LogP contribution in [0.5, 0.6) is 0 Å². The predicted molar refractivity (Wildman–Crippen MR) is 80.4 cm³/mol. The second kappa shape index (κ2) is 8.93. The first-order valence-electron chi connectivity index (χ1n) is 7.94. The van der Waals surface area contributed by atoms with E-state index in [1.165, 1.54) is 38.5 Å². The molecule has 3 nitrogen and oxygen atoms in total. The van der Waals surface area contributed by atoms with Crippen molar-refractivity contribution in [1.29, 1.82) is 0 Å². The summed E-state index contributed by atoms with van der Waals surface area (Å²) < 4.78 is 5.23. The maximum Gasteiger partial charge on any atom is 0.0589 e. The van der Waals surface area contributed by atoms with Crippen molar-refractivity contribution in [2.75, 3.05) is 40.0 Å². The molecule has 0 aromatic carbocycles. The first kappa shape index (κ1) is 16.9. The molecule has 0 radical (unpaired) electrons. The van der Waals surface area contributed by atoms with Gasteiger partial charge in [0.05, 0.1) is 6.61 Å². The lowest BCUT2D eigenvalue weighted by Crippen LogP contribution is -2.43. The van der Waals surface area contributed by atoms with Crippen molar-refractivity contribution in [2.24, 2.45) is 11.3 Å². The summed E-state index contributed by atoms with van der Waals surface area (Å²) in [6.07, 6.45) is 7.60. The Morgan fingerprint density at radius 3 is 2.26 bits per heavy atom. The Hall–Kier alpha value is -0.120. The Balaban J connectivity index is 2.60. The summed E-state index contributed by atoms with van der Waals surface area (Å²) in [6, 6.07) is 0. The van der Waals surface area contributed by atoms with Crippen molar-refractivity contribution >= 4 is 0 Å². The van der Waals surface area contributed by atoms with Gasteiger partial charge in [0.25, 0.3) is 0 Å². The average molecular weight is 271 g/mol. The van der Waals surface area contributed by atoms with Crippen LogP contribution in [-0.2, 0) is 4.74 Å². The van der Waals surface area contributed by atoms with Crippen LogP contribution in [0.15, 0.2) is 0 Å². The van der Waals surface area contributed by atoms with Gasteiger partial charge in [0.2, 0.25) is 0 Å². The highest BCUT2D eigenvalue weighted by molar-refractivity contribution is 4.84. The minimum Gasteiger partial charge on any atom is -0.396 e. The molecule has 0 amide bonds. The normalized spacial score (nSPS) is 19.9. The molecular weight excluding hydrogens is 238 g/mol. The van der Waals surface area contributed by atoms with E-state index in [-0.39, 0.29) is 5.41 Å². The van der Waals surface area contributed by atoms with Crippen LogP contribution in [0.25, 0.3) is 0 Å². The van der Waals surface area contributed by atoms with E-state index in [0.29, 0.717) is 12.5 Å². The molecule has 0 saturated heterocycles. The molecule has 0 aliphatic heterocycles. The SMILES string of the molecule is COCCN(CC(C)C)CC1(CO)CCCCCC1. The van der Waals surface area contributed by atoms with Crippen LogP contribution in [0.4, 0.5) is 0 Å². The molecule has 1 saturated carbocycles. The molecule has 0 aromatic heterocycles. The Labute approximate surface area is 119 Å². The quantitative estimate of drug-likeness (QED) is 0.689. The molecule has 1 fully saturated rings. The van der Waals surface area contributed by atoms with Crippen LogP contribution in [0.3, 0.4) is 0 Å². The topological polar surface area (TPSA) is 32.7 Å². The van der Waals surface area contributed by atoms with E-state index < -0.39 is 0 Å². The lowest BCUT2D eigenvalue weighted by atomic mass is 9.80. The summed E-state index contributed by atoms with van der Waals surface area (Å²) in [5.41, 5.74) is 0.138. The molecule has 114 valence electrons. The fourth-order valence-electron chi connectivity index (χ4n) is 3.29. The third-order valence-electron chi connectivity index (χ3n) is 4.29. The lowest BCUT2D eigenvalue weighted by Gasteiger charge is -2.37. The molecule has 19 heavy (non-hydrogen) atoms. The second-order valence-corrected chi connectivity index (χ2v) is 6.69. The van der Waals surface area contributed by atoms with Gasteiger partial charge < -0.3 is 14.7 Å². The van der Waals surface area contributed by atoms with Crippen molar-refractivity contribution in [2.45, 2.75) is 52.4 Å². The zero-order valence-electron chi connectivity index (χ0n) is 13.2. The number of hydrogen-bond acceptors (Lipinski definition) is 3. The average Bonchev–Trinajstić information content (AvgIpc) is 2.61. The van der Waals surface area contributed by atoms with E-state index in [2.05, 4.69) is 18.7 Å². The summed E-state index contributed by atoms with van der Waals surface area (Å²) in [6.45, 7) is 8.77. The van der Waals surface area contributed by atoms with Gasteiger partial charge in [-0.15, -0.1) is 0 Å². The number of nitrogens with zero attached hydrogens (tertiary/aromatic N) is 1. The number of aliphatic hydroxyl groups excluding tert-OH is 1. The van der Waals surface area contributed by atoms with Crippen molar-refractivity contribution in [3.63, 3.8) is 0 Å². The first-order valence-corrected chi connectivity index (χ1v) is 7.94. The highest BCUT2D eigenvalue weighted by atomic mass is 16.5. The van der Waals surface area contributed by atoms with Gasteiger partial charge in [-0.1, -0.05) is 39.5 Å². The van der Waals surface area contributed by atoms with Gasteiger partial charge in [-0.3, -0.25) is 0 Å². The highest BCUT2D eigenvalue weighted by Crippen LogP contribution is 2.35. The Kier molecular flexibility index (Phi) is 7.96. The molecule has 0 aromatic rings. The Morgan fingerprint density at radius 2 is 1.79 bits per heavy atom. The Morgan fingerprint density at radius 1 is 1.16 bits per heavy atom. The molecule has 3 heteroatoms. The molecule has 0 unspecified atom stereocenters. The van der Waals surface area contributed by atoms with Crippen molar-refractivity contribution < 1.29 is 9.84 Å². The monoisotopic (exact) mass is 271 g/mol. The number of ether oxygens (including phenoxy) is 1. The van der Waals surface area contributed by atoms with E-state index in [1.807, 2.05) is 0 Å². The van der Waals surface area contributed by atoms with Crippen molar-refractivity contribution in [1.82, 2.24) is 4.90 Å². The van der Waals surface area contributed by atoms with Gasteiger partial charge >= 0.3 is 0 Å². The number of rotatable bonds is 8. The minimum atomic E-state index is 0.138. The van der Waals surface area contributed by atoms with Crippen LogP contribution in [-0.4, -0.2) is 50.0 Å². The Bertz CT molecular complexity index is 223. The third-order valence-corrected chi connectivity index (χ3v) is 4.29. The summed E-state index contributed by atoms with van der Waals surface area (Å²) in [5, 5.41) is 9.92. The number of aliphatic hydroxyl groups is 1. The maximum absolute atomic E-state index is 9.92. The van der Waals surface area contributed by atoms with Gasteiger partial charge in [0.15, 0.2) is 0 Å². The van der Waals surface area contributed by atoms with E-state index in [4.69, 9.17) is 4.74 Å². The fourth-order valence-corrected chi connectivity index (χ4v) is 3.29. The van der Waals surface area contributed by atoms with Crippen LogP contribution < -0.4 is 0 Å². The van der Waals surface area contributed by atoms with Crippen LogP contribution in [0, 0.1) is 11.3 Å². The summed E-state index contributed by atoms with van der Waals surface area (Å²) >= 11 is 0. The largest absolute Gasteiger partial charge is 0.396 e. The number of methoxy groups -OCH3 is 1. The van der Waals surface area contributed by atoms with Crippen LogP contribution >= 0.6 is 0 Å². The summed E-state index contributed by atoms with van der Waals surface area (Å²) in [4.78, 5) is 2.50. The van der Waals surface area contributed by atoms with Crippen LogP contribution in [0.1, 0.15) is 52.4 Å². The standard InChI is InChI=1S/C16H33NO2/c1-15(2)12-17(10-11-19-3)13-16(14-18)8-6-4-5-7-9-16/h15,18H,4-14H2,1-3H3. The molecule has 1 aliphatic carbocycles. The predicted octanol–water partition coefficient (Wildman–Crippen LogP) is 2.92. The third kappa shape index (κ3) is 6.24. The first-order chi connectivity index (χ1) is 9.12. The summed E-state index contributed by atoms with van der Waals surface area (Å²) in [7, 11) is 1.76. The second-order valence-electron chi connectivity index (χ2n) is 6.69. The number of hydrogen-bond donors (Lipinski definition) is 1. The van der Waals surface area contributed by atoms with Crippen molar-refractivity contribution in [3.8, 4) is 0 Å². The summed E-state index contributed by atoms with van der Waals surface area (Å²) in [5.74, 6) is 0.665.